The summed E-state index contributed by atoms with van der Waals surface area (Å²) in [5.41, 5.74) is -1.73. The number of rotatable bonds is 16. The number of carbonyl (C=O) groups is 1. The van der Waals surface area contributed by atoms with E-state index in [-0.39, 0.29) is 34.0 Å². The van der Waals surface area contributed by atoms with E-state index in [1.54, 1.807) is 0 Å². The Hall–Kier alpha value is -2.03. The second-order valence-electron chi connectivity index (χ2n) is 32.9. The fourth-order valence-corrected chi connectivity index (χ4v) is 19.7. The second-order valence-corrected chi connectivity index (χ2v) is 32.9. The standard InChI is InChI=1S/C68H110O33/c1-26-51(97-57-50(86)52(32(73)24-90-57)98-55-46(82)38(74)29(70)21-88-55)45(81)49(85)58(93-26)100-54-44(80)41(77)33(20-69)94-61(54)101-62(87)68-17-15-63(2,3)19-28(68)27-9-10-36-65(6)13-12-37(64(4,5)35(65)11-14-67(36,8)66(27,7)16-18-68)96-59-48(84)43(79)42(78)34(95-59)25-92-60-53(40(76)31(72)23-91-60)99-56-47(83)39(75)30(71)22-89-56/h9,26,28-61,69-86H,10-25H2,1-8H3. The molecule has 39 unspecified atom stereocenters. The quantitative estimate of drug-likeness (QED) is 0.0391. The van der Waals surface area contributed by atoms with Crippen molar-refractivity contribution in [2.75, 3.05) is 39.6 Å². The van der Waals surface area contributed by atoms with Gasteiger partial charge in [-0.25, -0.2) is 0 Å². The van der Waals surface area contributed by atoms with Crippen molar-refractivity contribution >= 4 is 5.97 Å². The molecule has 7 heterocycles. The van der Waals surface area contributed by atoms with Crippen LogP contribution in [0.15, 0.2) is 11.6 Å². The molecule has 12 rings (SSSR count). The zero-order chi connectivity index (χ0) is 73.3. The topological polar surface area (TPSA) is 510 Å². The Labute approximate surface area is 584 Å². The number of hydrogen-bond donors (Lipinski definition) is 18. The van der Waals surface area contributed by atoms with E-state index in [4.69, 9.17) is 66.3 Å². The molecule has 33 nitrogen and oxygen atoms in total. The molecule has 5 aliphatic carbocycles. The van der Waals surface area contributed by atoms with Crippen molar-refractivity contribution in [2.45, 2.75) is 316 Å². The van der Waals surface area contributed by atoms with Gasteiger partial charge in [0.05, 0.1) is 57.3 Å². The summed E-state index contributed by atoms with van der Waals surface area (Å²) in [5.74, 6) is -0.766. The summed E-state index contributed by atoms with van der Waals surface area (Å²) in [6, 6.07) is 0. The Kier molecular flexibility index (Phi) is 23.1. The molecule has 101 heavy (non-hydrogen) atoms. The Balaban J connectivity index is 0.717. The van der Waals surface area contributed by atoms with Gasteiger partial charge in [0, 0.05) is 0 Å². The normalized spacial score (nSPS) is 54.4. The molecule has 7 saturated heterocycles. The number of aliphatic hydroxyl groups excluding tert-OH is 18. The number of esters is 1. The Morgan fingerprint density at radius 3 is 1.61 bits per heavy atom. The first-order valence-corrected chi connectivity index (χ1v) is 35.8. The smallest absolute Gasteiger partial charge is 0.315 e. The van der Waals surface area contributed by atoms with Crippen molar-refractivity contribution in [3.63, 3.8) is 0 Å². The lowest BCUT2D eigenvalue weighted by Gasteiger charge is -2.71. The molecule has 12 aliphatic rings. The minimum Gasteiger partial charge on any atom is -0.432 e. The van der Waals surface area contributed by atoms with Crippen LogP contribution in [0.1, 0.15) is 120 Å². The van der Waals surface area contributed by atoms with Gasteiger partial charge in [0.2, 0.25) is 6.29 Å². The molecule has 39 atom stereocenters. The molecule has 4 saturated carbocycles. The molecule has 0 aromatic carbocycles. The van der Waals surface area contributed by atoms with Crippen LogP contribution < -0.4 is 0 Å². The van der Waals surface area contributed by atoms with E-state index >= 15 is 4.79 Å². The Morgan fingerprint density at radius 2 is 0.970 bits per heavy atom. The maximum absolute atomic E-state index is 15.7. The van der Waals surface area contributed by atoms with Crippen molar-refractivity contribution in [3.8, 4) is 0 Å². The molecule has 18 N–H and O–H groups in total. The van der Waals surface area contributed by atoms with Crippen LogP contribution in [0.4, 0.5) is 0 Å². The van der Waals surface area contributed by atoms with E-state index in [2.05, 4.69) is 54.5 Å². The lowest BCUT2D eigenvalue weighted by molar-refractivity contribution is -0.379. The molecule has 0 aromatic heterocycles. The largest absolute Gasteiger partial charge is 0.432 e. The van der Waals surface area contributed by atoms with E-state index in [1.165, 1.54) is 12.5 Å². The predicted molar refractivity (Wildman–Crippen MR) is 335 cm³/mol. The minimum absolute atomic E-state index is 0.0682. The lowest BCUT2D eigenvalue weighted by Crippen LogP contribution is -2.67. The third-order valence-corrected chi connectivity index (χ3v) is 26.1. The number of ether oxygens (including phenoxy) is 14. The highest BCUT2D eigenvalue weighted by Crippen LogP contribution is 2.76. The highest BCUT2D eigenvalue weighted by Gasteiger charge is 2.71. The first-order chi connectivity index (χ1) is 47.4. The maximum atomic E-state index is 15.7. The molecule has 0 amide bonds. The van der Waals surface area contributed by atoms with E-state index < -0.39 is 258 Å². The van der Waals surface area contributed by atoms with Gasteiger partial charge in [0.15, 0.2) is 43.8 Å². The third kappa shape index (κ3) is 14.0. The molecular weight excluding hydrogens is 1340 g/mol. The number of fused-ring (bicyclic) bond motifs is 7. The van der Waals surface area contributed by atoms with Gasteiger partial charge in [-0.05, 0) is 116 Å². The Bertz CT molecular complexity index is 2860. The van der Waals surface area contributed by atoms with Crippen molar-refractivity contribution in [1.82, 2.24) is 0 Å². The minimum atomic E-state index is -2.00. The van der Waals surface area contributed by atoms with Crippen LogP contribution in [0.2, 0.25) is 0 Å². The van der Waals surface area contributed by atoms with Gasteiger partial charge in [0.1, 0.15) is 134 Å². The molecule has 0 aromatic rings. The molecular formula is C68H110O33. The van der Waals surface area contributed by atoms with Gasteiger partial charge in [-0.3, -0.25) is 4.79 Å². The van der Waals surface area contributed by atoms with Crippen LogP contribution in [-0.2, 0) is 71.1 Å². The van der Waals surface area contributed by atoms with E-state index in [0.717, 1.165) is 12.8 Å². The average molecular weight is 1460 g/mol. The van der Waals surface area contributed by atoms with E-state index in [1.807, 2.05) is 0 Å². The van der Waals surface area contributed by atoms with Crippen molar-refractivity contribution in [3.05, 3.63) is 11.6 Å². The summed E-state index contributed by atoms with van der Waals surface area (Å²) < 4.78 is 83.0. The molecule has 0 radical (unpaired) electrons. The number of allylic oxidation sites excluding steroid dienone is 2. The van der Waals surface area contributed by atoms with Crippen LogP contribution in [0.3, 0.4) is 0 Å². The first-order valence-electron chi connectivity index (χ1n) is 35.8. The molecule has 0 bridgehead atoms. The van der Waals surface area contributed by atoms with Gasteiger partial charge in [-0.2, -0.15) is 0 Å². The summed E-state index contributed by atoms with van der Waals surface area (Å²) >= 11 is 0. The lowest BCUT2D eigenvalue weighted by atomic mass is 9.33. The number of carbonyl (C=O) groups excluding carboxylic acids is 1. The molecule has 11 fully saturated rings. The van der Waals surface area contributed by atoms with Gasteiger partial charge < -0.3 is 158 Å². The summed E-state index contributed by atoms with van der Waals surface area (Å²) in [6.07, 6.45) is -42.6. The third-order valence-electron chi connectivity index (χ3n) is 26.1. The summed E-state index contributed by atoms with van der Waals surface area (Å²) in [7, 11) is 0. The zero-order valence-corrected chi connectivity index (χ0v) is 58.3. The second kappa shape index (κ2) is 29.8. The summed E-state index contributed by atoms with van der Waals surface area (Å²) in [5, 5.41) is 196. The summed E-state index contributed by atoms with van der Waals surface area (Å²) in [4.78, 5) is 15.7. The zero-order valence-electron chi connectivity index (χ0n) is 58.3. The fourth-order valence-electron chi connectivity index (χ4n) is 19.7. The van der Waals surface area contributed by atoms with Crippen LogP contribution in [0, 0.1) is 50.2 Å². The van der Waals surface area contributed by atoms with Gasteiger partial charge in [0.25, 0.3) is 0 Å². The monoisotopic (exact) mass is 1450 g/mol. The van der Waals surface area contributed by atoms with Crippen LogP contribution in [0.25, 0.3) is 0 Å². The van der Waals surface area contributed by atoms with Gasteiger partial charge in [-0.15, -0.1) is 0 Å². The molecule has 7 aliphatic heterocycles. The van der Waals surface area contributed by atoms with Crippen LogP contribution in [0.5, 0.6) is 0 Å². The fraction of sp³-hybridized carbons (Fsp3) is 0.956. The number of aliphatic hydroxyl groups is 18. The van der Waals surface area contributed by atoms with Gasteiger partial charge in [-0.1, -0.05) is 60.1 Å². The Morgan fingerprint density at radius 1 is 0.465 bits per heavy atom. The summed E-state index contributed by atoms with van der Waals surface area (Å²) in [6.45, 7) is 14.1. The molecule has 0 spiro atoms. The highest BCUT2D eigenvalue weighted by atomic mass is 16.8. The van der Waals surface area contributed by atoms with Crippen LogP contribution >= 0.6 is 0 Å². The van der Waals surface area contributed by atoms with Crippen LogP contribution in [-0.4, -0.2) is 334 Å². The SMILES string of the molecule is CC1OC(OC2C(OC(=O)C34CCC(C)(C)CC3C3=CCC5C6(C)CCC(OC7OC(COC8OCC(O)C(O)C8OC8OCC(O)C(O)C8O)C(O)C(O)C7O)C(C)(C)C6CCC5(C)C3(C)CC4)OC(CO)C(O)C2O)C(O)C(O)C1OC1OCC(O)C(OC2OCC(O)C(O)C2O)C1O. The predicted octanol–water partition coefficient (Wildman–Crippen LogP) is -4.98. The van der Waals surface area contributed by atoms with Crippen molar-refractivity contribution in [2.24, 2.45) is 50.2 Å². The van der Waals surface area contributed by atoms with E-state index in [0.29, 0.717) is 51.4 Å². The number of hydrogen-bond acceptors (Lipinski definition) is 33. The average Bonchev–Trinajstić information content (AvgIpc) is 0.675. The van der Waals surface area contributed by atoms with Gasteiger partial charge >= 0.3 is 5.97 Å². The van der Waals surface area contributed by atoms with Crippen molar-refractivity contribution in [1.29, 1.82) is 0 Å². The van der Waals surface area contributed by atoms with E-state index in [9.17, 15) is 91.9 Å². The highest BCUT2D eigenvalue weighted by molar-refractivity contribution is 5.79. The first kappa shape index (κ1) is 78.5. The molecule has 580 valence electrons. The molecule has 33 heteroatoms. The van der Waals surface area contributed by atoms with Crippen molar-refractivity contribution < 1.29 is 163 Å². The maximum Gasteiger partial charge on any atom is 0.315 e.